The quantitative estimate of drug-likeness (QED) is 0.559. The van der Waals surface area contributed by atoms with Gasteiger partial charge in [-0.3, -0.25) is 14.7 Å². The predicted molar refractivity (Wildman–Crippen MR) is 110 cm³/mol. The average Bonchev–Trinajstić information content (AvgIpc) is 3.19. The van der Waals surface area contributed by atoms with E-state index in [9.17, 15) is 18.0 Å². The number of carbonyl (C=O) groups is 1. The number of alkyl halides is 3. The van der Waals surface area contributed by atoms with E-state index in [2.05, 4.69) is 4.99 Å². The lowest BCUT2D eigenvalue weighted by atomic mass is 10.1. The Morgan fingerprint density at radius 1 is 1.00 bits per heavy atom. The number of amides is 1. The molecule has 29 heavy (non-hydrogen) atoms. The number of fused-ring (bicyclic) bond motifs is 1. The summed E-state index contributed by atoms with van der Waals surface area (Å²) in [6, 6.07) is 18.6. The number of halogens is 3. The first-order valence-corrected chi connectivity index (χ1v) is 10.0. The van der Waals surface area contributed by atoms with Crippen LogP contribution in [0.3, 0.4) is 0 Å². The maximum Gasteiger partial charge on any atom is 0.416 e. The molecule has 3 aromatic carbocycles. The molecule has 0 radical (unpaired) electrons. The summed E-state index contributed by atoms with van der Waals surface area (Å²) in [5.74, 6) is 0.160. The Hall–Kier alpha value is -2.80. The molecule has 148 valence electrons. The van der Waals surface area contributed by atoms with Gasteiger partial charge in [0.15, 0.2) is 5.17 Å². The van der Waals surface area contributed by atoms with Gasteiger partial charge in [0.25, 0.3) is 5.91 Å². The van der Waals surface area contributed by atoms with Crippen LogP contribution >= 0.6 is 11.8 Å². The van der Waals surface area contributed by atoms with Gasteiger partial charge in [0.2, 0.25) is 0 Å². The van der Waals surface area contributed by atoms with E-state index in [1.165, 1.54) is 17.8 Å². The van der Waals surface area contributed by atoms with E-state index >= 15 is 0 Å². The Kier molecular flexibility index (Phi) is 5.32. The average molecular weight is 414 g/mol. The van der Waals surface area contributed by atoms with Crippen LogP contribution in [0, 0.1) is 0 Å². The largest absolute Gasteiger partial charge is 0.416 e. The van der Waals surface area contributed by atoms with Gasteiger partial charge in [0.1, 0.15) is 0 Å². The third kappa shape index (κ3) is 4.29. The lowest BCUT2D eigenvalue weighted by Gasteiger charge is -2.18. The second kappa shape index (κ2) is 7.91. The number of nitrogens with zero attached hydrogens (tertiary/aromatic N) is 2. The van der Waals surface area contributed by atoms with Crippen LogP contribution in [0.25, 0.3) is 10.8 Å². The van der Waals surface area contributed by atoms with Crippen molar-refractivity contribution in [3.8, 4) is 0 Å². The molecule has 0 unspecified atom stereocenters. The van der Waals surface area contributed by atoms with Crippen molar-refractivity contribution in [2.45, 2.75) is 11.9 Å². The molecule has 1 heterocycles. The molecule has 0 bridgehead atoms. The summed E-state index contributed by atoms with van der Waals surface area (Å²) < 4.78 is 38.7. The fourth-order valence-electron chi connectivity index (χ4n) is 3.20. The predicted octanol–water partition coefficient (Wildman–Crippen LogP) is 5.60. The van der Waals surface area contributed by atoms with E-state index < -0.39 is 11.7 Å². The Bertz CT molecular complexity index is 1090. The molecule has 7 heteroatoms. The second-order valence-electron chi connectivity index (χ2n) is 6.67. The van der Waals surface area contributed by atoms with Crippen LogP contribution in [0.2, 0.25) is 0 Å². The highest BCUT2D eigenvalue weighted by molar-refractivity contribution is 8.13. The Morgan fingerprint density at radius 3 is 2.59 bits per heavy atom. The van der Waals surface area contributed by atoms with Crippen LogP contribution in [-0.2, 0) is 11.9 Å². The van der Waals surface area contributed by atoms with Gasteiger partial charge in [-0.05, 0) is 34.5 Å². The standard InChI is InChI=1S/C22H17F3N2OS/c23-22(24,25)19-7-3-4-15(12-19)14-29-21-26-10-11-27(21)20(28)18-9-8-16-5-1-2-6-17(16)13-18/h1-9,12-13H,10-11,14H2. The third-order valence-corrected chi connectivity index (χ3v) is 5.75. The molecule has 0 fully saturated rings. The number of hydrogen-bond acceptors (Lipinski definition) is 3. The molecule has 0 N–H and O–H groups in total. The fraction of sp³-hybridized carbons (Fsp3) is 0.182. The van der Waals surface area contributed by atoms with E-state index in [-0.39, 0.29) is 5.91 Å². The minimum Gasteiger partial charge on any atom is -0.286 e. The minimum atomic E-state index is -4.37. The molecular weight excluding hydrogens is 397 g/mol. The van der Waals surface area contributed by atoms with E-state index in [1.54, 1.807) is 17.0 Å². The lowest BCUT2D eigenvalue weighted by Crippen LogP contribution is -2.32. The Morgan fingerprint density at radius 2 is 1.79 bits per heavy atom. The van der Waals surface area contributed by atoms with Crippen LogP contribution in [0.4, 0.5) is 13.2 Å². The van der Waals surface area contributed by atoms with Crippen molar-refractivity contribution < 1.29 is 18.0 Å². The van der Waals surface area contributed by atoms with Crippen molar-refractivity contribution in [3.63, 3.8) is 0 Å². The smallest absolute Gasteiger partial charge is 0.286 e. The number of carbonyl (C=O) groups excluding carboxylic acids is 1. The number of amidine groups is 1. The van der Waals surface area contributed by atoms with E-state index in [1.807, 2.05) is 36.4 Å². The molecule has 1 aliphatic heterocycles. The third-order valence-electron chi connectivity index (χ3n) is 4.67. The second-order valence-corrected chi connectivity index (χ2v) is 7.61. The summed E-state index contributed by atoms with van der Waals surface area (Å²) in [6.07, 6.45) is -4.37. The van der Waals surface area contributed by atoms with Gasteiger partial charge in [-0.1, -0.05) is 60.3 Å². The van der Waals surface area contributed by atoms with Gasteiger partial charge in [0.05, 0.1) is 12.1 Å². The SMILES string of the molecule is O=C(c1ccc2ccccc2c1)N1CCN=C1SCc1cccc(C(F)(F)F)c1. The molecule has 0 aromatic heterocycles. The first-order valence-electron chi connectivity index (χ1n) is 9.06. The van der Waals surface area contributed by atoms with Crippen molar-refractivity contribution >= 4 is 33.6 Å². The summed E-state index contributed by atoms with van der Waals surface area (Å²) in [5.41, 5.74) is 0.434. The number of rotatable bonds is 3. The highest BCUT2D eigenvalue weighted by atomic mass is 32.2. The van der Waals surface area contributed by atoms with Crippen LogP contribution in [0.15, 0.2) is 71.7 Å². The molecule has 1 amide bonds. The van der Waals surface area contributed by atoms with Gasteiger partial charge in [-0.15, -0.1) is 0 Å². The summed E-state index contributed by atoms with van der Waals surface area (Å²) >= 11 is 1.28. The lowest BCUT2D eigenvalue weighted by molar-refractivity contribution is -0.137. The molecule has 1 aliphatic rings. The van der Waals surface area contributed by atoms with Crippen LogP contribution in [0.1, 0.15) is 21.5 Å². The zero-order valence-electron chi connectivity index (χ0n) is 15.3. The Balaban J connectivity index is 1.48. The zero-order chi connectivity index (χ0) is 20.4. The van der Waals surface area contributed by atoms with Crippen LogP contribution in [-0.4, -0.2) is 29.1 Å². The summed E-state index contributed by atoms with van der Waals surface area (Å²) in [6.45, 7) is 0.959. The van der Waals surface area contributed by atoms with Crippen molar-refractivity contribution in [2.24, 2.45) is 4.99 Å². The number of hydrogen-bond donors (Lipinski definition) is 0. The number of benzene rings is 3. The number of aliphatic imine (C=N–C) groups is 1. The molecule has 0 atom stereocenters. The van der Waals surface area contributed by atoms with Gasteiger partial charge in [0, 0.05) is 17.9 Å². The monoisotopic (exact) mass is 414 g/mol. The first kappa shape index (κ1) is 19.5. The number of thioether (sulfide) groups is 1. The van der Waals surface area contributed by atoms with Crippen molar-refractivity contribution in [2.75, 3.05) is 13.1 Å². The van der Waals surface area contributed by atoms with Gasteiger partial charge >= 0.3 is 6.18 Å². The maximum atomic E-state index is 13.0. The first-order chi connectivity index (χ1) is 13.9. The van der Waals surface area contributed by atoms with Crippen molar-refractivity contribution in [3.05, 3.63) is 83.4 Å². The molecule has 0 aliphatic carbocycles. The van der Waals surface area contributed by atoms with Gasteiger partial charge in [-0.2, -0.15) is 13.2 Å². The molecule has 4 rings (SSSR count). The summed E-state index contributed by atoms with van der Waals surface area (Å²) in [7, 11) is 0. The molecule has 0 saturated heterocycles. The normalized spacial score (nSPS) is 14.3. The summed E-state index contributed by atoms with van der Waals surface area (Å²) in [5, 5.41) is 2.58. The highest BCUT2D eigenvalue weighted by Crippen LogP contribution is 2.31. The van der Waals surface area contributed by atoms with E-state index in [0.717, 1.165) is 22.9 Å². The van der Waals surface area contributed by atoms with Crippen molar-refractivity contribution in [1.82, 2.24) is 4.90 Å². The van der Waals surface area contributed by atoms with Crippen molar-refractivity contribution in [1.29, 1.82) is 0 Å². The van der Waals surface area contributed by atoms with Gasteiger partial charge in [-0.25, -0.2) is 0 Å². The minimum absolute atomic E-state index is 0.149. The van der Waals surface area contributed by atoms with Gasteiger partial charge < -0.3 is 0 Å². The molecule has 3 aromatic rings. The zero-order valence-corrected chi connectivity index (χ0v) is 16.1. The maximum absolute atomic E-state index is 13.0. The fourth-order valence-corrected chi connectivity index (χ4v) is 4.19. The molecule has 0 spiro atoms. The molecule has 0 saturated carbocycles. The van der Waals surface area contributed by atoms with E-state index in [0.29, 0.717) is 35.1 Å². The van der Waals surface area contributed by atoms with Crippen LogP contribution < -0.4 is 0 Å². The molecule has 3 nitrogen and oxygen atoms in total. The Labute approximate surface area is 170 Å². The van der Waals surface area contributed by atoms with E-state index in [4.69, 9.17) is 0 Å². The highest BCUT2D eigenvalue weighted by Gasteiger charge is 2.30. The topological polar surface area (TPSA) is 32.7 Å². The summed E-state index contributed by atoms with van der Waals surface area (Å²) in [4.78, 5) is 19.0. The molecular formula is C22H17F3N2OS. The van der Waals surface area contributed by atoms with Crippen LogP contribution in [0.5, 0.6) is 0 Å².